The van der Waals surface area contributed by atoms with Crippen LogP contribution in [0.2, 0.25) is 0 Å². The van der Waals surface area contributed by atoms with Crippen LogP contribution >= 0.6 is 0 Å². The van der Waals surface area contributed by atoms with Crippen molar-refractivity contribution >= 4 is 11.6 Å². The normalized spacial score (nSPS) is 10.9. The number of aromatic nitrogens is 2. The number of aryl methyl sites for hydroxylation is 1. The standard InChI is InChI=1S/C22H21N3O3/c1-16-9-10-20(28-16)14-24(2)22(26)17-6-5-7-19(12-17)27-15-18-13-25-11-4-3-8-21(25)23-18/h3-13H,14-15H2,1-2H3. The van der Waals surface area contributed by atoms with E-state index in [-0.39, 0.29) is 5.91 Å². The molecule has 0 aliphatic rings. The summed E-state index contributed by atoms with van der Waals surface area (Å²) in [5.41, 5.74) is 2.27. The number of fused-ring (bicyclic) bond motifs is 1. The first-order chi connectivity index (χ1) is 13.6. The molecule has 0 aliphatic heterocycles. The molecule has 0 unspecified atom stereocenters. The topological polar surface area (TPSA) is 60.0 Å². The van der Waals surface area contributed by atoms with E-state index >= 15 is 0 Å². The predicted molar refractivity (Wildman–Crippen MR) is 105 cm³/mol. The van der Waals surface area contributed by atoms with Crippen molar-refractivity contribution in [1.29, 1.82) is 0 Å². The molecule has 6 heteroatoms. The summed E-state index contributed by atoms with van der Waals surface area (Å²) in [4.78, 5) is 18.9. The highest BCUT2D eigenvalue weighted by Gasteiger charge is 2.14. The number of ether oxygens (including phenoxy) is 1. The Kier molecular flexibility index (Phi) is 4.85. The highest BCUT2D eigenvalue weighted by atomic mass is 16.5. The molecule has 0 spiro atoms. The lowest BCUT2D eigenvalue weighted by molar-refractivity contribution is 0.0774. The first-order valence-corrected chi connectivity index (χ1v) is 9.05. The van der Waals surface area contributed by atoms with E-state index in [0.717, 1.165) is 22.9 Å². The smallest absolute Gasteiger partial charge is 0.254 e. The average Bonchev–Trinajstić information content (AvgIpc) is 3.31. The number of hydrogen-bond acceptors (Lipinski definition) is 4. The third-order valence-electron chi connectivity index (χ3n) is 4.42. The van der Waals surface area contributed by atoms with E-state index in [9.17, 15) is 4.79 Å². The molecule has 0 radical (unpaired) electrons. The van der Waals surface area contributed by atoms with Crippen LogP contribution in [0.4, 0.5) is 0 Å². The van der Waals surface area contributed by atoms with E-state index in [1.807, 2.05) is 66.2 Å². The summed E-state index contributed by atoms with van der Waals surface area (Å²) in [6.07, 6.45) is 3.88. The number of pyridine rings is 1. The minimum absolute atomic E-state index is 0.0905. The van der Waals surface area contributed by atoms with Crippen LogP contribution in [0.15, 0.2) is 71.4 Å². The van der Waals surface area contributed by atoms with Crippen LogP contribution in [0.1, 0.15) is 27.6 Å². The van der Waals surface area contributed by atoms with Gasteiger partial charge in [-0.15, -0.1) is 0 Å². The fourth-order valence-corrected chi connectivity index (χ4v) is 3.03. The van der Waals surface area contributed by atoms with Crippen molar-refractivity contribution in [1.82, 2.24) is 14.3 Å². The van der Waals surface area contributed by atoms with Crippen molar-refractivity contribution < 1.29 is 13.9 Å². The van der Waals surface area contributed by atoms with Crippen LogP contribution in [-0.2, 0) is 13.2 Å². The highest BCUT2D eigenvalue weighted by Crippen LogP contribution is 2.18. The number of hydrogen-bond donors (Lipinski definition) is 0. The van der Waals surface area contributed by atoms with Gasteiger partial charge in [0.25, 0.3) is 5.91 Å². The monoisotopic (exact) mass is 375 g/mol. The Balaban J connectivity index is 1.42. The van der Waals surface area contributed by atoms with Gasteiger partial charge in [-0.3, -0.25) is 4.79 Å². The minimum Gasteiger partial charge on any atom is -0.487 e. The highest BCUT2D eigenvalue weighted by molar-refractivity contribution is 5.94. The number of amides is 1. The molecule has 0 saturated carbocycles. The first-order valence-electron chi connectivity index (χ1n) is 9.05. The molecule has 4 rings (SSSR count). The number of carbonyl (C=O) groups excluding carboxylic acids is 1. The number of furan rings is 1. The minimum atomic E-state index is -0.0905. The number of nitrogens with zero attached hydrogens (tertiary/aromatic N) is 3. The SMILES string of the molecule is Cc1ccc(CN(C)C(=O)c2cccc(OCc3cn4ccccc4n3)c2)o1. The van der Waals surface area contributed by atoms with Gasteiger partial charge in [-0.25, -0.2) is 4.98 Å². The van der Waals surface area contributed by atoms with Crippen LogP contribution in [-0.4, -0.2) is 27.2 Å². The van der Waals surface area contributed by atoms with Gasteiger partial charge in [0.05, 0.1) is 12.2 Å². The lowest BCUT2D eigenvalue weighted by Crippen LogP contribution is -2.26. The predicted octanol–water partition coefficient (Wildman–Crippen LogP) is 4.09. The van der Waals surface area contributed by atoms with E-state index in [1.165, 1.54) is 0 Å². The molecule has 142 valence electrons. The van der Waals surface area contributed by atoms with Gasteiger partial charge in [-0.1, -0.05) is 12.1 Å². The molecule has 1 amide bonds. The van der Waals surface area contributed by atoms with E-state index in [2.05, 4.69) is 4.98 Å². The molecular weight excluding hydrogens is 354 g/mol. The number of benzene rings is 1. The van der Waals surface area contributed by atoms with Crippen LogP contribution in [0.25, 0.3) is 5.65 Å². The van der Waals surface area contributed by atoms with E-state index in [0.29, 0.717) is 24.5 Å². The van der Waals surface area contributed by atoms with Crippen LogP contribution in [0, 0.1) is 6.92 Å². The Morgan fingerprint density at radius 3 is 2.86 bits per heavy atom. The van der Waals surface area contributed by atoms with Crippen molar-refractivity contribution in [3.05, 3.63) is 89.8 Å². The van der Waals surface area contributed by atoms with Gasteiger partial charge in [0.15, 0.2) is 0 Å². The molecule has 6 nitrogen and oxygen atoms in total. The average molecular weight is 375 g/mol. The Bertz CT molecular complexity index is 1080. The first kappa shape index (κ1) is 17.9. The lowest BCUT2D eigenvalue weighted by Gasteiger charge is -2.16. The van der Waals surface area contributed by atoms with Crippen molar-refractivity contribution in [2.24, 2.45) is 0 Å². The number of rotatable bonds is 6. The largest absolute Gasteiger partial charge is 0.487 e. The molecule has 3 heterocycles. The molecule has 0 fully saturated rings. The van der Waals surface area contributed by atoms with Crippen molar-refractivity contribution in [2.75, 3.05) is 7.05 Å². The lowest BCUT2D eigenvalue weighted by atomic mass is 10.2. The molecule has 0 saturated heterocycles. The van der Waals surface area contributed by atoms with E-state index in [1.54, 1.807) is 24.1 Å². The fourth-order valence-electron chi connectivity index (χ4n) is 3.03. The maximum atomic E-state index is 12.7. The second-order valence-electron chi connectivity index (χ2n) is 6.69. The van der Waals surface area contributed by atoms with Gasteiger partial charge >= 0.3 is 0 Å². The molecule has 4 aromatic rings. The molecule has 0 atom stereocenters. The number of imidazole rings is 1. The van der Waals surface area contributed by atoms with E-state index < -0.39 is 0 Å². The Morgan fingerprint density at radius 2 is 2.07 bits per heavy atom. The zero-order valence-electron chi connectivity index (χ0n) is 15.8. The summed E-state index contributed by atoms with van der Waals surface area (Å²) in [7, 11) is 1.75. The fraction of sp³-hybridized carbons (Fsp3) is 0.182. The molecule has 0 aliphatic carbocycles. The molecule has 0 N–H and O–H groups in total. The summed E-state index contributed by atoms with van der Waals surface area (Å²) in [5.74, 6) is 2.13. The molecule has 28 heavy (non-hydrogen) atoms. The summed E-state index contributed by atoms with van der Waals surface area (Å²) in [6, 6.07) is 16.8. The quantitative estimate of drug-likeness (QED) is 0.509. The van der Waals surface area contributed by atoms with Crippen LogP contribution in [0.3, 0.4) is 0 Å². The second-order valence-corrected chi connectivity index (χ2v) is 6.69. The zero-order valence-corrected chi connectivity index (χ0v) is 15.8. The Morgan fingerprint density at radius 1 is 1.18 bits per heavy atom. The third-order valence-corrected chi connectivity index (χ3v) is 4.42. The molecule has 0 bridgehead atoms. The van der Waals surface area contributed by atoms with Crippen molar-refractivity contribution in [2.45, 2.75) is 20.1 Å². The van der Waals surface area contributed by atoms with Gasteiger partial charge in [0.1, 0.15) is 29.5 Å². The molecule has 3 aromatic heterocycles. The Labute approximate surface area is 163 Å². The summed E-state index contributed by atoms with van der Waals surface area (Å²) < 4.78 is 13.3. The van der Waals surface area contributed by atoms with Gasteiger partial charge in [-0.2, -0.15) is 0 Å². The summed E-state index contributed by atoms with van der Waals surface area (Å²) >= 11 is 0. The third kappa shape index (κ3) is 3.91. The van der Waals surface area contributed by atoms with Crippen LogP contribution < -0.4 is 4.74 Å². The molecule has 1 aromatic carbocycles. The van der Waals surface area contributed by atoms with Crippen LogP contribution in [0.5, 0.6) is 5.75 Å². The van der Waals surface area contributed by atoms with Crippen molar-refractivity contribution in [3.63, 3.8) is 0 Å². The van der Waals surface area contributed by atoms with Gasteiger partial charge in [0, 0.05) is 25.0 Å². The maximum Gasteiger partial charge on any atom is 0.254 e. The van der Waals surface area contributed by atoms with E-state index in [4.69, 9.17) is 9.15 Å². The number of carbonyl (C=O) groups is 1. The second kappa shape index (κ2) is 7.60. The Hall–Kier alpha value is -3.54. The maximum absolute atomic E-state index is 12.7. The van der Waals surface area contributed by atoms with Gasteiger partial charge < -0.3 is 18.5 Å². The zero-order chi connectivity index (χ0) is 19.5. The van der Waals surface area contributed by atoms with Gasteiger partial charge in [-0.05, 0) is 49.4 Å². The van der Waals surface area contributed by atoms with Crippen molar-refractivity contribution in [3.8, 4) is 5.75 Å². The summed E-state index contributed by atoms with van der Waals surface area (Å²) in [6.45, 7) is 2.63. The molecular formula is C22H21N3O3. The van der Waals surface area contributed by atoms with Gasteiger partial charge in [0.2, 0.25) is 0 Å². The summed E-state index contributed by atoms with van der Waals surface area (Å²) in [5, 5.41) is 0.